The Balaban J connectivity index is 0.00000102. The summed E-state index contributed by atoms with van der Waals surface area (Å²) in [5.41, 5.74) is 7.35. The van der Waals surface area contributed by atoms with Gasteiger partial charge in [-0.2, -0.15) is 0 Å². The summed E-state index contributed by atoms with van der Waals surface area (Å²) in [5, 5.41) is 6.67. The first kappa shape index (κ1) is 47.8. The molecule has 17 heteroatoms. The van der Waals surface area contributed by atoms with Gasteiger partial charge in [0.1, 0.15) is 18.1 Å². The van der Waals surface area contributed by atoms with Gasteiger partial charge in [-0.15, -0.1) is 0 Å². The van der Waals surface area contributed by atoms with E-state index in [1.54, 1.807) is 18.2 Å². The molecule has 0 radical (unpaired) electrons. The average molecular weight is 808 g/mol. The third-order valence-corrected chi connectivity index (χ3v) is 8.59. The fourth-order valence-electron chi connectivity index (χ4n) is 5.45. The van der Waals surface area contributed by atoms with Crippen molar-refractivity contribution in [3.05, 3.63) is 83.6 Å². The Hall–Kier alpha value is -6.36. The quantitative estimate of drug-likeness (QED) is 0.0309. The number of hydroxylamine groups is 2. The highest BCUT2D eigenvalue weighted by Gasteiger charge is 2.32. The molecule has 0 fully saturated rings. The Morgan fingerprint density at radius 1 is 0.828 bits per heavy atom. The van der Waals surface area contributed by atoms with Crippen molar-refractivity contribution < 1.29 is 57.3 Å². The summed E-state index contributed by atoms with van der Waals surface area (Å²) in [6.07, 6.45) is 4.47. The van der Waals surface area contributed by atoms with Crippen molar-refractivity contribution in [2.75, 3.05) is 34.6 Å². The van der Waals surface area contributed by atoms with Crippen molar-refractivity contribution in [3.63, 3.8) is 0 Å². The Morgan fingerprint density at radius 3 is 2.09 bits per heavy atom. The lowest BCUT2D eigenvalue weighted by Gasteiger charge is -2.32. The smallest absolute Gasteiger partial charge is 0.343 e. The van der Waals surface area contributed by atoms with Crippen LogP contribution in [0, 0.1) is 5.92 Å². The number of hydrogen-bond donors (Lipinski definition) is 3. The molecule has 2 aromatic carbocycles. The minimum Gasteiger partial charge on any atom is -0.481 e. The summed E-state index contributed by atoms with van der Waals surface area (Å²) in [6.45, 7) is 3.53. The minimum atomic E-state index is -0.749. The Bertz CT molecular complexity index is 1790. The number of esters is 3. The maximum Gasteiger partial charge on any atom is 0.343 e. The van der Waals surface area contributed by atoms with E-state index >= 15 is 0 Å². The summed E-state index contributed by atoms with van der Waals surface area (Å²) in [4.78, 5) is 93.1. The van der Waals surface area contributed by atoms with E-state index in [-0.39, 0.29) is 49.0 Å². The Labute approximate surface area is 337 Å². The zero-order valence-corrected chi connectivity index (χ0v) is 33.5. The monoisotopic (exact) mass is 807 g/mol. The number of nitrogens with one attached hydrogen (secondary N) is 2. The number of nitrogens with zero attached hydrogens (tertiary/aromatic N) is 2. The normalized spacial score (nSPS) is 11.3. The van der Waals surface area contributed by atoms with Crippen LogP contribution in [0.4, 0.5) is 0 Å². The summed E-state index contributed by atoms with van der Waals surface area (Å²) in [7, 11) is 3.76. The summed E-state index contributed by atoms with van der Waals surface area (Å²) < 4.78 is 18.6. The lowest BCUT2D eigenvalue weighted by Crippen LogP contribution is -2.48. The molecule has 3 aromatic rings. The van der Waals surface area contributed by atoms with Crippen molar-refractivity contribution in [2.24, 2.45) is 11.7 Å². The molecule has 2 unspecified atom stereocenters. The lowest BCUT2D eigenvalue weighted by molar-refractivity contribution is -0.200. The van der Waals surface area contributed by atoms with Gasteiger partial charge in [-0.25, -0.2) is 14.8 Å². The number of methoxy groups -OCH3 is 3. The maximum absolute atomic E-state index is 13.5. The molecule has 1 aromatic heterocycles. The first-order valence-corrected chi connectivity index (χ1v) is 18.6. The summed E-state index contributed by atoms with van der Waals surface area (Å²) >= 11 is 0. The highest BCUT2D eigenvalue weighted by molar-refractivity contribution is 5.97. The second-order valence-electron chi connectivity index (χ2n) is 12.5. The molecule has 0 aliphatic carbocycles. The SMILES string of the molecule is CCCCCC(C(=O)NCNC(=O)c1cccc(-c2ccc(C(N)=O)c(OCC(=O)OC)c2)n1)C(CC)N(C=O)OCc1ccccc1.COC(=O)CCC(=O)OC. The van der Waals surface area contributed by atoms with Gasteiger partial charge in [0.05, 0.1) is 64.1 Å². The Morgan fingerprint density at radius 2 is 1.50 bits per heavy atom. The van der Waals surface area contributed by atoms with Gasteiger partial charge in [0.15, 0.2) is 6.61 Å². The third-order valence-electron chi connectivity index (χ3n) is 8.59. The van der Waals surface area contributed by atoms with Gasteiger partial charge in [0.25, 0.3) is 11.8 Å². The molecule has 3 rings (SSSR count). The zero-order chi connectivity index (χ0) is 42.9. The van der Waals surface area contributed by atoms with E-state index in [0.717, 1.165) is 24.8 Å². The number of hydrogen-bond acceptors (Lipinski definition) is 13. The van der Waals surface area contributed by atoms with Crippen LogP contribution in [0.1, 0.15) is 85.2 Å². The molecule has 0 spiro atoms. The number of pyridine rings is 1. The number of benzene rings is 2. The van der Waals surface area contributed by atoms with Crippen LogP contribution in [0.3, 0.4) is 0 Å². The van der Waals surface area contributed by atoms with Gasteiger partial charge in [0.2, 0.25) is 12.3 Å². The van der Waals surface area contributed by atoms with Crippen LogP contribution in [0.5, 0.6) is 5.75 Å². The number of carbonyl (C=O) groups excluding carboxylic acids is 7. The second kappa shape index (κ2) is 26.5. The van der Waals surface area contributed by atoms with Crippen molar-refractivity contribution in [1.82, 2.24) is 20.7 Å². The van der Waals surface area contributed by atoms with Crippen LogP contribution in [0.15, 0.2) is 66.7 Å². The van der Waals surface area contributed by atoms with Gasteiger partial charge in [-0.1, -0.05) is 75.6 Å². The molecule has 4 N–H and O–H groups in total. The third kappa shape index (κ3) is 16.4. The molecule has 2 atom stereocenters. The number of ether oxygens (including phenoxy) is 4. The van der Waals surface area contributed by atoms with E-state index in [0.29, 0.717) is 30.5 Å². The van der Waals surface area contributed by atoms with Crippen molar-refractivity contribution >= 4 is 42.0 Å². The number of rotatable bonds is 23. The van der Waals surface area contributed by atoms with E-state index in [9.17, 15) is 33.6 Å². The maximum atomic E-state index is 13.5. The Kier molecular flexibility index (Phi) is 21.8. The molecule has 0 aliphatic heterocycles. The molecule has 1 heterocycles. The predicted octanol–water partition coefficient (Wildman–Crippen LogP) is 3.88. The van der Waals surface area contributed by atoms with E-state index in [4.69, 9.17) is 15.3 Å². The molecule has 0 saturated heterocycles. The van der Waals surface area contributed by atoms with Crippen LogP contribution >= 0.6 is 0 Å². The highest BCUT2D eigenvalue weighted by atomic mass is 16.7. The van der Waals surface area contributed by atoms with Gasteiger partial charge < -0.3 is 35.3 Å². The fourth-order valence-corrected chi connectivity index (χ4v) is 5.45. The van der Waals surface area contributed by atoms with Crippen LogP contribution in [-0.4, -0.2) is 92.7 Å². The van der Waals surface area contributed by atoms with Gasteiger partial charge >= 0.3 is 17.9 Å². The standard InChI is InChI=1S/C35H43N5O8.C6H10O4/c1-4-6-8-14-26(30(5-2)40(23-41)48-20-24-12-9-7-10-13-24)34(44)37-22-38-35(45)29-16-11-15-28(39-29)25-17-18-27(33(36)43)31(19-25)47-21-32(42)46-3;1-9-5(7)3-4-6(8)10-2/h7,9-13,15-19,23,26,30H,4-6,8,14,20-22H2,1-3H3,(H2,36,43)(H,37,44)(H,38,45);3-4H2,1-2H3. The molecule has 314 valence electrons. The molecule has 58 heavy (non-hydrogen) atoms. The van der Waals surface area contributed by atoms with E-state index in [1.165, 1.54) is 44.6 Å². The number of unbranched alkanes of at least 4 members (excludes halogenated alkanes) is 2. The molecular formula is C41H53N5O12. The molecular weight excluding hydrogens is 754 g/mol. The van der Waals surface area contributed by atoms with Crippen LogP contribution in [-0.2, 0) is 49.6 Å². The molecule has 0 aliphatic rings. The second-order valence-corrected chi connectivity index (χ2v) is 12.5. The first-order chi connectivity index (χ1) is 27.9. The van der Waals surface area contributed by atoms with Crippen molar-refractivity contribution in [3.8, 4) is 17.0 Å². The number of primary amides is 1. The van der Waals surface area contributed by atoms with E-state index in [2.05, 4.69) is 36.8 Å². The van der Waals surface area contributed by atoms with Gasteiger partial charge in [-0.05, 0) is 42.7 Å². The largest absolute Gasteiger partial charge is 0.481 e. The lowest BCUT2D eigenvalue weighted by atomic mass is 9.90. The molecule has 0 bridgehead atoms. The van der Waals surface area contributed by atoms with Gasteiger partial charge in [0, 0.05) is 5.56 Å². The van der Waals surface area contributed by atoms with Crippen molar-refractivity contribution in [1.29, 1.82) is 0 Å². The van der Waals surface area contributed by atoms with Crippen LogP contribution in [0.2, 0.25) is 0 Å². The number of carbonyl (C=O) groups is 7. The van der Waals surface area contributed by atoms with E-state index in [1.807, 2.05) is 37.3 Å². The van der Waals surface area contributed by atoms with Gasteiger partial charge in [-0.3, -0.25) is 33.6 Å². The fraction of sp³-hybridized carbons (Fsp3) is 0.415. The average Bonchev–Trinajstić information content (AvgIpc) is 3.25. The summed E-state index contributed by atoms with van der Waals surface area (Å²) in [6, 6.07) is 18.2. The van der Waals surface area contributed by atoms with E-state index < -0.39 is 48.3 Å². The number of nitrogens with two attached hydrogens (primary N) is 1. The predicted molar refractivity (Wildman–Crippen MR) is 210 cm³/mol. The van der Waals surface area contributed by atoms with Crippen LogP contribution in [0.25, 0.3) is 11.3 Å². The zero-order valence-electron chi connectivity index (χ0n) is 33.5. The molecule has 0 saturated carbocycles. The highest BCUT2D eigenvalue weighted by Crippen LogP contribution is 2.27. The first-order valence-electron chi connectivity index (χ1n) is 18.6. The minimum absolute atomic E-state index is 0.0576. The number of amides is 4. The van der Waals surface area contributed by atoms with Crippen molar-refractivity contribution in [2.45, 2.75) is 71.4 Å². The number of aromatic nitrogens is 1. The van der Waals surface area contributed by atoms with Crippen LogP contribution < -0.4 is 21.1 Å². The molecule has 4 amide bonds. The topological polar surface area (TPSA) is 232 Å². The molecule has 17 nitrogen and oxygen atoms in total. The summed E-state index contributed by atoms with van der Waals surface area (Å²) in [5.74, 6) is -3.55.